The van der Waals surface area contributed by atoms with E-state index >= 15 is 0 Å². The molecule has 454 valence electrons. The maximum Gasteiger partial charge on any atom is 0.213 e. The first-order valence-electron chi connectivity index (χ1n) is 35.3. The van der Waals surface area contributed by atoms with Crippen LogP contribution in [0.4, 0.5) is 0 Å². The summed E-state index contributed by atoms with van der Waals surface area (Å²) in [7, 11) is 6.34. The van der Waals surface area contributed by atoms with Gasteiger partial charge in [-0.3, -0.25) is 0 Å². The Morgan fingerprint density at radius 2 is 0.705 bits per heavy atom. The van der Waals surface area contributed by atoms with Crippen molar-refractivity contribution in [3.05, 3.63) is 234 Å². The van der Waals surface area contributed by atoms with Crippen molar-refractivity contribution < 1.29 is 16.4 Å². The zero-order chi connectivity index (χ0) is 62.6. The van der Waals surface area contributed by atoms with Crippen molar-refractivity contribution in [2.75, 3.05) is 0 Å². The molecule has 3 heterocycles. The summed E-state index contributed by atoms with van der Waals surface area (Å²) < 4.78 is 23.5. The summed E-state index contributed by atoms with van der Waals surface area (Å²) in [5, 5.41) is 0. The van der Waals surface area contributed by atoms with E-state index in [2.05, 4.69) is 251 Å². The standard InChI is InChI=1S/C30H36N.C29H34N.C26H32N/c1-22-7-3-6-10-29(22)30-21-28(19-20-31(30)2)27-17-15-26(16-18-27)25-13-11-24(12-14-25)23-8-4-5-9-23;1-21-7-3-6-10-28(21)29-20-27(17-18-30(29)2)24-13-11-23(12-14-24)26-16-15-25(19-26)22-8-4-5-9-22;1-4-5-6-7-8-12-22-14-16-23(17-15-22)24-18-19-27(3)26(20-24)25-13-10-9-11-21(25)2/h3,6-7,10,15-21,23-25H,4-5,8-9,11-14H2,1-2H3;3,6-7,10-14,17-18,20,22,25-26H,4-5,8-9,15-16,19H2,1-2H3;9-11,13-20H,4-8,12H2,1-3H3/q3*+1/i;;12D2. The fraction of sp³-hybridized carbons (Fsp3) is 0.400. The molecule has 4 saturated carbocycles. The predicted octanol–water partition coefficient (Wildman–Crippen LogP) is 21.5. The van der Waals surface area contributed by atoms with Crippen LogP contribution >= 0.6 is 0 Å². The van der Waals surface area contributed by atoms with E-state index in [0.29, 0.717) is 6.42 Å². The minimum absolute atomic E-state index is 0.588. The van der Waals surface area contributed by atoms with Gasteiger partial charge >= 0.3 is 0 Å². The molecule has 4 aliphatic rings. The van der Waals surface area contributed by atoms with Crippen molar-refractivity contribution in [2.24, 2.45) is 44.8 Å². The summed E-state index contributed by atoms with van der Waals surface area (Å²) in [6.07, 6.45) is 32.0. The molecule has 2 unspecified atom stereocenters. The van der Waals surface area contributed by atoms with Gasteiger partial charge in [-0.05, 0) is 199 Å². The van der Waals surface area contributed by atoms with E-state index in [4.69, 9.17) is 2.74 Å². The van der Waals surface area contributed by atoms with Crippen LogP contribution in [0.25, 0.3) is 67.2 Å². The fourth-order valence-electron chi connectivity index (χ4n) is 15.6. The molecule has 88 heavy (non-hydrogen) atoms. The Hall–Kier alpha value is -7.23. The van der Waals surface area contributed by atoms with Crippen LogP contribution in [0.15, 0.2) is 201 Å². The first kappa shape index (κ1) is 59.7. The summed E-state index contributed by atoms with van der Waals surface area (Å²) >= 11 is 0. The molecule has 0 amide bonds. The van der Waals surface area contributed by atoms with Gasteiger partial charge in [0.2, 0.25) is 17.1 Å². The lowest BCUT2D eigenvalue weighted by Crippen LogP contribution is -2.30. The molecule has 0 radical (unpaired) electrons. The van der Waals surface area contributed by atoms with Crippen LogP contribution in [0.1, 0.15) is 183 Å². The molecule has 0 N–H and O–H groups in total. The van der Waals surface area contributed by atoms with Crippen LogP contribution in [-0.2, 0) is 27.5 Å². The van der Waals surface area contributed by atoms with Crippen LogP contribution in [0.2, 0.25) is 0 Å². The minimum atomic E-state index is -1.26. The summed E-state index contributed by atoms with van der Waals surface area (Å²) in [5.74, 6) is 5.62. The molecule has 3 nitrogen and oxygen atoms in total. The highest BCUT2D eigenvalue weighted by Crippen LogP contribution is 2.47. The Labute approximate surface area is 533 Å². The SMILES string of the molecule is Cc1ccccc1-c1cc(-c2ccc(C3CCC(C4CCCC4)C3)cc2)cc[n+]1C.Cc1ccccc1-c1cc(-c2ccc(C3CCC(C4CCCC4)CC3)cc2)cc[n+]1C.[2H]C([2H])(CCCCCC)c1ccc(-c2cc[n+](C)c(-c3ccccc3C)c2)cc1. The number of unbranched alkanes of at least 4 members (excludes halogenated alkanes) is 3. The van der Waals surface area contributed by atoms with E-state index in [-0.39, 0.29) is 0 Å². The third kappa shape index (κ3) is 15.6. The Morgan fingerprint density at radius 1 is 0.352 bits per heavy atom. The third-order valence-electron chi connectivity index (χ3n) is 21.1. The molecule has 0 spiro atoms. The zero-order valence-electron chi connectivity index (χ0n) is 56.5. The second-order valence-electron chi connectivity index (χ2n) is 27.0. The molecule has 4 fully saturated rings. The lowest BCUT2D eigenvalue weighted by atomic mass is 9.73. The molecule has 3 aromatic heterocycles. The number of nitrogens with zero attached hydrogens (tertiary/aromatic N) is 3. The number of hydrogen-bond acceptors (Lipinski definition) is 0. The number of benzene rings is 6. The van der Waals surface area contributed by atoms with Crippen LogP contribution in [0.5, 0.6) is 0 Å². The highest BCUT2D eigenvalue weighted by Gasteiger charge is 2.33. The fourth-order valence-corrected chi connectivity index (χ4v) is 15.6. The van der Waals surface area contributed by atoms with E-state index < -0.39 is 6.37 Å². The van der Waals surface area contributed by atoms with Crippen molar-refractivity contribution in [3.63, 3.8) is 0 Å². The highest BCUT2D eigenvalue weighted by atomic mass is 14.9. The lowest BCUT2D eigenvalue weighted by Gasteiger charge is -2.32. The largest absolute Gasteiger partial charge is 0.213 e. The van der Waals surface area contributed by atoms with Gasteiger partial charge in [0.05, 0.1) is 0 Å². The van der Waals surface area contributed by atoms with Gasteiger partial charge in [-0.1, -0.05) is 211 Å². The average molecular weight is 1170 g/mol. The molecule has 0 aliphatic heterocycles. The monoisotopic (exact) mass is 1170 g/mol. The molecule has 0 bridgehead atoms. The molecule has 6 aromatic carbocycles. The van der Waals surface area contributed by atoms with Gasteiger partial charge in [0.15, 0.2) is 18.6 Å². The normalized spacial score (nSPS) is 19.1. The topological polar surface area (TPSA) is 11.6 Å². The Balaban J connectivity index is 0.000000139. The van der Waals surface area contributed by atoms with Crippen molar-refractivity contribution in [1.82, 2.24) is 0 Å². The molecule has 4 aliphatic carbocycles. The first-order valence-corrected chi connectivity index (χ1v) is 34.3. The number of aromatic nitrogens is 3. The Bertz CT molecular complexity index is 3770. The number of pyridine rings is 3. The van der Waals surface area contributed by atoms with E-state index in [9.17, 15) is 0 Å². The van der Waals surface area contributed by atoms with Gasteiger partial charge in [0, 0.05) is 55.8 Å². The van der Waals surface area contributed by atoms with Gasteiger partial charge in [-0.2, -0.15) is 0 Å². The Kier molecular flexibility index (Phi) is 20.6. The summed E-state index contributed by atoms with van der Waals surface area (Å²) in [4.78, 5) is 0. The molecule has 2 atom stereocenters. The zero-order valence-corrected chi connectivity index (χ0v) is 54.5. The maximum absolute atomic E-state index is 8.44. The van der Waals surface area contributed by atoms with Crippen LogP contribution in [-0.4, -0.2) is 0 Å². The molecule has 0 saturated heterocycles. The second kappa shape index (κ2) is 30.3. The minimum Gasteiger partial charge on any atom is -0.201 e. The molecule has 3 heteroatoms. The molecule has 9 aromatic rings. The molecular weight excluding hydrogens is 1060 g/mol. The van der Waals surface area contributed by atoms with Gasteiger partial charge in [0.1, 0.15) is 21.1 Å². The quantitative estimate of drug-likeness (QED) is 0.0675. The van der Waals surface area contributed by atoms with Crippen LogP contribution in [0, 0.1) is 44.4 Å². The summed E-state index contributed by atoms with van der Waals surface area (Å²) in [6.45, 7) is 8.70. The lowest BCUT2D eigenvalue weighted by molar-refractivity contribution is -0.660. The van der Waals surface area contributed by atoms with Crippen LogP contribution < -0.4 is 13.7 Å². The highest BCUT2D eigenvalue weighted by molar-refractivity contribution is 5.73. The Morgan fingerprint density at radius 3 is 1.12 bits per heavy atom. The summed E-state index contributed by atoms with van der Waals surface area (Å²) in [5.41, 5.74) is 22.8. The number of hydrogen-bond donors (Lipinski definition) is 0. The smallest absolute Gasteiger partial charge is 0.201 e. The molecule has 13 rings (SSSR count). The van der Waals surface area contributed by atoms with E-state index in [1.807, 2.05) is 12.1 Å². The molecular formula is C85H102N3+3. The number of aryl methyl sites for hydroxylation is 7. The van der Waals surface area contributed by atoms with Gasteiger partial charge in [-0.15, -0.1) is 0 Å². The predicted molar refractivity (Wildman–Crippen MR) is 371 cm³/mol. The average Bonchev–Trinajstić information content (AvgIpc) is 1.79. The van der Waals surface area contributed by atoms with Gasteiger partial charge in [-0.25, -0.2) is 13.7 Å². The van der Waals surface area contributed by atoms with E-state index in [1.54, 1.807) is 11.1 Å². The van der Waals surface area contributed by atoms with Crippen molar-refractivity contribution >= 4 is 0 Å². The first-order chi connectivity index (χ1) is 43.8. The second-order valence-corrected chi connectivity index (χ2v) is 27.0. The number of rotatable bonds is 16. The van der Waals surface area contributed by atoms with Crippen LogP contribution in [0.3, 0.4) is 0 Å². The van der Waals surface area contributed by atoms with Gasteiger partial charge < -0.3 is 0 Å². The van der Waals surface area contributed by atoms with Crippen molar-refractivity contribution in [2.45, 2.75) is 174 Å². The third-order valence-corrected chi connectivity index (χ3v) is 21.1. The summed E-state index contributed by atoms with van der Waals surface area (Å²) in [6, 6.07) is 66.2. The van der Waals surface area contributed by atoms with Crippen molar-refractivity contribution in [3.8, 4) is 67.2 Å². The van der Waals surface area contributed by atoms with E-state index in [0.717, 1.165) is 65.0 Å². The van der Waals surface area contributed by atoms with Gasteiger partial charge in [0.25, 0.3) is 0 Å². The van der Waals surface area contributed by atoms with Crippen molar-refractivity contribution in [1.29, 1.82) is 0 Å². The van der Waals surface area contributed by atoms with E-state index in [1.165, 1.54) is 182 Å². The maximum atomic E-state index is 8.44.